The van der Waals surface area contributed by atoms with E-state index in [1.54, 1.807) is 54.6 Å². The molecule has 0 spiro atoms. The molecule has 0 saturated carbocycles. The number of fused-ring (bicyclic) bond motifs is 1. The molecule has 3 aromatic carbocycles. The quantitative estimate of drug-likeness (QED) is 0.434. The third-order valence-corrected chi connectivity index (χ3v) is 4.86. The van der Waals surface area contributed by atoms with Crippen LogP contribution < -0.4 is 25.0 Å². The van der Waals surface area contributed by atoms with Gasteiger partial charge in [0.05, 0.1) is 30.1 Å². The Morgan fingerprint density at radius 2 is 1.88 bits per heavy atom. The molecule has 0 aromatic heterocycles. The number of amides is 2. The zero-order valence-electron chi connectivity index (χ0n) is 16.9. The number of nitrogens with one attached hydrogen (secondary N) is 2. The second-order valence-corrected chi connectivity index (χ2v) is 7.06. The van der Waals surface area contributed by atoms with Gasteiger partial charge < -0.3 is 19.5 Å². The van der Waals surface area contributed by atoms with E-state index < -0.39 is 11.8 Å². The van der Waals surface area contributed by atoms with E-state index in [1.807, 2.05) is 0 Å². The van der Waals surface area contributed by atoms with Crippen LogP contribution in [0.1, 0.15) is 26.3 Å². The average molecular weight is 452 g/mol. The maximum atomic E-state index is 12.8. The van der Waals surface area contributed by atoms with Gasteiger partial charge in [0.1, 0.15) is 5.75 Å². The molecule has 4 rings (SSSR count). The molecule has 9 heteroatoms. The fourth-order valence-corrected chi connectivity index (χ4v) is 3.28. The molecule has 0 aliphatic carbocycles. The molecule has 1 aliphatic heterocycles. The summed E-state index contributed by atoms with van der Waals surface area (Å²) in [7, 11) is 1.46. The Bertz CT molecular complexity index is 1210. The number of hydrogen-bond donors (Lipinski definition) is 2. The summed E-state index contributed by atoms with van der Waals surface area (Å²) in [6.45, 7) is 0.136. The number of hydrogen-bond acceptors (Lipinski definition) is 6. The number of carbonyl (C=O) groups is 2. The Morgan fingerprint density at radius 1 is 1.03 bits per heavy atom. The fourth-order valence-electron chi connectivity index (χ4n) is 3.11. The number of carbonyl (C=O) groups excluding carboxylic acids is 2. The van der Waals surface area contributed by atoms with Crippen LogP contribution in [0.3, 0.4) is 0 Å². The predicted molar refractivity (Wildman–Crippen MR) is 120 cm³/mol. The molecule has 8 nitrogen and oxygen atoms in total. The number of hydrazone groups is 1. The number of benzene rings is 3. The van der Waals surface area contributed by atoms with Gasteiger partial charge in [0, 0.05) is 10.6 Å². The summed E-state index contributed by atoms with van der Waals surface area (Å²) in [5.41, 5.74) is 3.91. The van der Waals surface area contributed by atoms with Crippen molar-refractivity contribution in [1.29, 1.82) is 0 Å². The van der Waals surface area contributed by atoms with E-state index in [0.717, 1.165) is 0 Å². The number of rotatable bonds is 6. The molecule has 3 aromatic rings. The Kier molecular flexibility index (Phi) is 6.23. The standard InChI is InChI=1S/C23H18ClN3O5/c1-30-19-10-9-15(24)11-17(19)22(28)26-18-7-3-2-6-16(18)23(29)27-25-12-14-5-4-8-20-21(14)32-13-31-20/h2-12H,13H2,1H3,(H,26,28)(H,27,29)/b25-12-. The van der Waals surface area contributed by atoms with Gasteiger partial charge in [-0.2, -0.15) is 5.10 Å². The molecule has 32 heavy (non-hydrogen) atoms. The minimum Gasteiger partial charge on any atom is -0.496 e. The third-order valence-electron chi connectivity index (χ3n) is 4.62. The first-order valence-corrected chi connectivity index (χ1v) is 9.90. The first-order chi connectivity index (χ1) is 15.6. The molecule has 0 atom stereocenters. The predicted octanol–water partition coefficient (Wildman–Crippen LogP) is 4.09. The van der Waals surface area contributed by atoms with Crippen molar-refractivity contribution in [2.75, 3.05) is 19.2 Å². The highest BCUT2D eigenvalue weighted by atomic mass is 35.5. The number of ether oxygens (including phenoxy) is 3. The first-order valence-electron chi connectivity index (χ1n) is 9.53. The molecule has 0 radical (unpaired) electrons. The van der Waals surface area contributed by atoms with Crippen LogP contribution in [0.4, 0.5) is 5.69 Å². The molecule has 0 saturated heterocycles. The van der Waals surface area contributed by atoms with Crippen molar-refractivity contribution in [3.8, 4) is 17.2 Å². The minimum atomic E-state index is -0.500. The largest absolute Gasteiger partial charge is 0.496 e. The highest BCUT2D eigenvalue weighted by Gasteiger charge is 2.18. The lowest BCUT2D eigenvalue weighted by Gasteiger charge is -2.12. The number of para-hydroxylation sites is 2. The molecule has 1 heterocycles. The first kappa shape index (κ1) is 21.2. The Morgan fingerprint density at radius 3 is 2.72 bits per heavy atom. The van der Waals surface area contributed by atoms with Gasteiger partial charge in [0.25, 0.3) is 11.8 Å². The molecule has 1 aliphatic rings. The zero-order chi connectivity index (χ0) is 22.5. The number of anilines is 1. The number of methoxy groups -OCH3 is 1. The van der Waals surface area contributed by atoms with Crippen LogP contribution in [0.15, 0.2) is 65.8 Å². The summed E-state index contributed by atoms with van der Waals surface area (Å²) < 4.78 is 16.0. The highest BCUT2D eigenvalue weighted by Crippen LogP contribution is 2.34. The summed E-state index contributed by atoms with van der Waals surface area (Å²) in [6.07, 6.45) is 1.46. The molecule has 0 fully saturated rings. The van der Waals surface area contributed by atoms with Crippen molar-refractivity contribution in [2.24, 2.45) is 5.10 Å². The SMILES string of the molecule is COc1ccc(Cl)cc1C(=O)Nc1ccccc1C(=O)N/N=C\c1cccc2c1OCO2. The van der Waals surface area contributed by atoms with Crippen molar-refractivity contribution < 1.29 is 23.8 Å². The van der Waals surface area contributed by atoms with Crippen molar-refractivity contribution >= 4 is 35.3 Å². The van der Waals surface area contributed by atoms with Crippen molar-refractivity contribution in [2.45, 2.75) is 0 Å². The van der Waals surface area contributed by atoms with E-state index in [-0.39, 0.29) is 17.9 Å². The van der Waals surface area contributed by atoms with Crippen LogP contribution in [-0.4, -0.2) is 31.9 Å². The number of halogens is 1. The van der Waals surface area contributed by atoms with Crippen molar-refractivity contribution in [3.05, 3.63) is 82.4 Å². The van der Waals surface area contributed by atoms with E-state index >= 15 is 0 Å². The van der Waals surface area contributed by atoms with Crippen LogP contribution in [0.5, 0.6) is 17.2 Å². The molecular formula is C23H18ClN3O5. The van der Waals surface area contributed by atoms with Gasteiger partial charge in [-0.3, -0.25) is 9.59 Å². The molecule has 162 valence electrons. The van der Waals surface area contributed by atoms with E-state index in [1.165, 1.54) is 19.4 Å². The Balaban J connectivity index is 1.50. The molecule has 0 bridgehead atoms. The highest BCUT2D eigenvalue weighted by molar-refractivity contribution is 6.31. The van der Waals surface area contributed by atoms with Crippen molar-refractivity contribution in [1.82, 2.24) is 5.43 Å². The summed E-state index contributed by atoms with van der Waals surface area (Å²) in [5.74, 6) is 0.573. The van der Waals surface area contributed by atoms with Gasteiger partial charge in [-0.25, -0.2) is 5.43 Å². The Hall–Kier alpha value is -4.04. The van der Waals surface area contributed by atoms with Crippen LogP contribution in [0.2, 0.25) is 5.02 Å². The average Bonchev–Trinajstić information content (AvgIpc) is 3.29. The van der Waals surface area contributed by atoms with E-state index in [0.29, 0.717) is 33.5 Å². The van der Waals surface area contributed by atoms with Crippen LogP contribution in [0, 0.1) is 0 Å². The normalized spacial score (nSPS) is 11.9. The summed E-state index contributed by atoms with van der Waals surface area (Å²) in [4.78, 5) is 25.5. The van der Waals surface area contributed by atoms with Crippen LogP contribution in [-0.2, 0) is 0 Å². The minimum absolute atomic E-state index is 0.136. The molecule has 2 N–H and O–H groups in total. The van der Waals surface area contributed by atoms with Gasteiger partial charge in [0.15, 0.2) is 11.5 Å². The van der Waals surface area contributed by atoms with Gasteiger partial charge in [-0.15, -0.1) is 0 Å². The fraction of sp³-hybridized carbons (Fsp3) is 0.0870. The smallest absolute Gasteiger partial charge is 0.273 e. The Labute approximate surface area is 188 Å². The van der Waals surface area contributed by atoms with Gasteiger partial charge in [-0.05, 0) is 42.5 Å². The zero-order valence-corrected chi connectivity index (χ0v) is 17.7. The van der Waals surface area contributed by atoms with Gasteiger partial charge >= 0.3 is 0 Å². The maximum absolute atomic E-state index is 12.8. The van der Waals surface area contributed by atoms with Crippen molar-refractivity contribution in [3.63, 3.8) is 0 Å². The molecule has 0 unspecified atom stereocenters. The topological polar surface area (TPSA) is 98.2 Å². The second-order valence-electron chi connectivity index (χ2n) is 6.62. The summed E-state index contributed by atoms with van der Waals surface area (Å²) >= 11 is 6.01. The van der Waals surface area contributed by atoms with Gasteiger partial charge in [0.2, 0.25) is 6.79 Å². The van der Waals surface area contributed by atoms with E-state index in [4.69, 9.17) is 25.8 Å². The number of nitrogens with zero attached hydrogens (tertiary/aromatic N) is 1. The lowest BCUT2D eigenvalue weighted by molar-refractivity contribution is 0.0956. The van der Waals surface area contributed by atoms with Crippen LogP contribution >= 0.6 is 11.6 Å². The lowest BCUT2D eigenvalue weighted by Crippen LogP contribution is -2.21. The molecular weight excluding hydrogens is 434 g/mol. The molecule has 2 amide bonds. The second kappa shape index (κ2) is 9.40. The van der Waals surface area contributed by atoms with E-state index in [9.17, 15) is 9.59 Å². The van der Waals surface area contributed by atoms with E-state index in [2.05, 4.69) is 15.8 Å². The summed E-state index contributed by atoms with van der Waals surface area (Å²) in [6, 6.07) is 16.7. The van der Waals surface area contributed by atoms with Crippen LogP contribution in [0.25, 0.3) is 0 Å². The third kappa shape index (κ3) is 4.50. The maximum Gasteiger partial charge on any atom is 0.273 e. The lowest BCUT2D eigenvalue weighted by atomic mass is 10.1. The summed E-state index contributed by atoms with van der Waals surface area (Å²) in [5, 5.41) is 7.11. The monoisotopic (exact) mass is 451 g/mol. The van der Waals surface area contributed by atoms with Gasteiger partial charge in [-0.1, -0.05) is 29.8 Å².